The Balaban J connectivity index is 1.59. The van der Waals surface area contributed by atoms with Gasteiger partial charge in [-0.1, -0.05) is 47.7 Å². The Morgan fingerprint density at radius 3 is 2.59 bits per heavy atom. The van der Waals surface area contributed by atoms with Crippen molar-refractivity contribution in [3.05, 3.63) is 95.7 Å². The van der Waals surface area contributed by atoms with Crippen LogP contribution >= 0.6 is 0 Å². The molecule has 0 saturated carbocycles. The highest BCUT2D eigenvalue weighted by atomic mass is 15.3. The predicted octanol–water partition coefficient (Wildman–Crippen LogP) is 4.88. The monoisotopic (exact) mass is 378 g/mol. The number of nitrogens with zero attached hydrogens (tertiary/aromatic N) is 4. The van der Waals surface area contributed by atoms with E-state index in [2.05, 4.69) is 45.2 Å². The van der Waals surface area contributed by atoms with E-state index in [1.54, 1.807) is 0 Å². The zero-order chi connectivity index (χ0) is 20.2. The highest BCUT2D eigenvalue weighted by Crippen LogP contribution is 2.25. The second-order valence-corrected chi connectivity index (χ2v) is 6.64. The molecule has 0 radical (unpaired) electrons. The zero-order valence-corrected chi connectivity index (χ0v) is 15.6. The molecule has 0 aliphatic heterocycles. The van der Waals surface area contributed by atoms with E-state index < -0.39 is 0 Å². The highest BCUT2D eigenvalue weighted by molar-refractivity contribution is 6.00. The standard InChI is InChI=1S/C23H18N6/c24-14-20-3-1-2-4-21(20)17-7-5-16(6-8-17)15-29-12-11-18-13-19(9-10-22(18)29)23(25)27-28-26/h1-13H,15H2,(H3,25,26,27). The molecule has 6 heteroatoms. The van der Waals surface area contributed by atoms with Crippen molar-refractivity contribution in [2.45, 2.75) is 6.54 Å². The first-order valence-electron chi connectivity index (χ1n) is 9.07. The van der Waals surface area contributed by atoms with E-state index in [1.165, 1.54) is 0 Å². The number of aromatic nitrogens is 1. The first kappa shape index (κ1) is 18.1. The van der Waals surface area contributed by atoms with Crippen LogP contribution in [0.5, 0.6) is 0 Å². The first-order valence-corrected chi connectivity index (χ1v) is 9.07. The Bertz CT molecular complexity index is 1260. The third-order valence-electron chi connectivity index (χ3n) is 4.87. The summed E-state index contributed by atoms with van der Waals surface area (Å²) in [6.07, 6.45) is 2.03. The fraction of sp³-hybridized carbons (Fsp3) is 0.0435. The van der Waals surface area contributed by atoms with Crippen molar-refractivity contribution >= 4 is 16.7 Å². The van der Waals surface area contributed by atoms with Crippen molar-refractivity contribution < 1.29 is 0 Å². The van der Waals surface area contributed by atoms with E-state index in [-0.39, 0.29) is 5.84 Å². The lowest BCUT2D eigenvalue weighted by Gasteiger charge is -2.09. The van der Waals surface area contributed by atoms with Gasteiger partial charge in [-0.3, -0.25) is 5.41 Å². The van der Waals surface area contributed by atoms with Crippen molar-refractivity contribution in [1.29, 1.82) is 10.7 Å². The maximum Gasteiger partial charge on any atom is 0.176 e. The summed E-state index contributed by atoms with van der Waals surface area (Å²) in [5.74, 6) is 5.07. The quantitative estimate of drug-likeness (QED) is 0.174. The summed E-state index contributed by atoms with van der Waals surface area (Å²) in [5, 5.41) is 24.9. The van der Waals surface area contributed by atoms with Gasteiger partial charge in [-0.15, -0.1) is 5.11 Å². The van der Waals surface area contributed by atoms with Gasteiger partial charge in [0.05, 0.1) is 11.6 Å². The Morgan fingerprint density at radius 2 is 1.83 bits per heavy atom. The Hall–Kier alpha value is -4.24. The zero-order valence-electron chi connectivity index (χ0n) is 15.6. The van der Waals surface area contributed by atoms with Crippen molar-refractivity contribution in [2.75, 3.05) is 0 Å². The third kappa shape index (κ3) is 3.62. The molecule has 1 aromatic heterocycles. The van der Waals surface area contributed by atoms with Crippen molar-refractivity contribution in [2.24, 2.45) is 16.2 Å². The molecular formula is C23H18N6. The van der Waals surface area contributed by atoms with Crippen molar-refractivity contribution in [1.82, 2.24) is 4.57 Å². The molecule has 1 heterocycles. The molecule has 4 rings (SSSR count). The number of fused-ring (bicyclic) bond motifs is 1. The molecule has 0 aliphatic carbocycles. The summed E-state index contributed by atoms with van der Waals surface area (Å²) < 4.78 is 2.16. The average Bonchev–Trinajstić information content (AvgIpc) is 3.16. The molecule has 0 unspecified atom stereocenters. The number of amidine groups is 1. The van der Waals surface area contributed by atoms with Gasteiger partial charge in [0.1, 0.15) is 0 Å². The topological polar surface area (TPSA) is 103 Å². The van der Waals surface area contributed by atoms with Gasteiger partial charge in [0.15, 0.2) is 5.84 Å². The molecule has 140 valence electrons. The summed E-state index contributed by atoms with van der Waals surface area (Å²) in [6.45, 7) is 0.725. The highest BCUT2D eigenvalue weighted by Gasteiger charge is 2.07. The fourth-order valence-electron chi connectivity index (χ4n) is 3.42. The van der Waals surface area contributed by atoms with Crippen LogP contribution in [-0.4, -0.2) is 10.4 Å². The molecule has 0 spiro atoms. The number of nitrogens with one attached hydrogen (secondary N) is 1. The minimum absolute atomic E-state index is 0.0374. The Morgan fingerprint density at radius 1 is 1.03 bits per heavy atom. The molecule has 4 aromatic rings. The van der Waals surface area contributed by atoms with Crippen LogP contribution in [0.15, 0.2) is 89.3 Å². The normalized spacial score (nSPS) is 11.0. The maximum absolute atomic E-state index is 9.31. The second-order valence-electron chi connectivity index (χ2n) is 6.64. The van der Waals surface area contributed by atoms with Crippen LogP contribution in [0.4, 0.5) is 0 Å². The number of rotatable bonds is 4. The first-order chi connectivity index (χ1) is 14.2. The second kappa shape index (κ2) is 7.79. The van der Waals surface area contributed by atoms with Crippen LogP contribution in [-0.2, 0) is 6.54 Å². The number of nitrogens with two attached hydrogens (primary N) is 1. The lowest BCUT2D eigenvalue weighted by molar-refractivity contribution is 0.837. The minimum atomic E-state index is 0.0374. The number of nitriles is 1. The smallest absolute Gasteiger partial charge is 0.176 e. The molecule has 6 nitrogen and oxygen atoms in total. The Labute approximate surface area is 168 Å². The molecule has 29 heavy (non-hydrogen) atoms. The van der Waals surface area contributed by atoms with E-state index in [4.69, 9.17) is 11.3 Å². The van der Waals surface area contributed by atoms with E-state index in [0.29, 0.717) is 11.1 Å². The van der Waals surface area contributed by atoms with Gasteiger partial charge in [0, 0.05) is 29.2 Å². The SMILES string of the molecule is N#Cc1ccccc1-c1ccc(Cn2ccc3cc(C(=N)N=NN)ccc32)cc1. The molecule has 0 fully saturated rings. The van der Waals surface area contributed by atoms with E-state index in [0.717, 1.165) is 34.1 Å². The summed E-state index contributed by atoms with van der Waals surface area (Å²) in [7, 11) is 0. The van der Waals surface area contributed by atoms with Crippen LogP contribution in [0.25, 0.3) is 22.0 Å². The molecular weight excluding hydrogens is 360 g/mol. The molecule has 0 saturated heterocycles. The van der Waals surface area contributed by atoms with E-state index in [9.17, 15) is 5.26 Å². The summed E-state index contributed by atoms with van der Waals surface area (Å²) in [5.41, 5.74) is 5.55. The molecule has 0 amide bonds. The average molecular weight is 378 g/mol. The van der Waals surface area contributed by atoms with Gasteiger partial charge in [0.2, 0.25) is 0 Å². The van der Waals surface area contributed by atoms with Gasteiger partial charge in [-0.25, -0.2) is 0 Å². The van der Waals surface area contributed by atoms with Crippen LogP contribution in [0.1, 0.15) is 16.7 Å². The lowest BCUT2D eigenvalue weighted by atomic mass is 9.99. The number of hydrogen-bond donors (Lipinski definition) is 2. The lowest BCUT2D eigenvalue weighted by Crippen LogP contribution is -1.99. The molecule has 3 aromatic carbocycles. The largest absolute Gasteiger partial charge is 0.343 e. The molecule has 0 atom stereocenters. The molecule has 0 bridgehead atoms. The Kier molecular flexibility index (Phi) is 4.87. The van der Waals surface area contributed by atoms with Crippen LogP contribution in [0, 0.1) is 16.7 Å². The summed E-state index contributed by atoms with van der Waals surface area (Å²) >= 11 is 0. The fourth-order valence-corrected chi connectivity index (χ4v) is 3.42. The predicted molar refractivity (Wildman–Crippen MR) is 114 cm³/mol. The van der Waals surface area contributed by atoms with Crippen molar-refractivity contribution in [3.63, 3.8) is 0 Å². The van der Waals surface area contributed by atoms with Gasteiger partial charge in [-0.2, -0.15) is 5.26 Å². The molecule has 3 N–H and O–H groups in total. The van der Waals surface area contributed by atoms with Crippen molar-refractivity contribution in [3.8, 4) is 17.2 Å². The van der Waals surface area contributed by atoms with E-state index >= 15 is 0 Å². The van der Waals surface area contributed by atoms with Gasteiger partial charge >= 0.3 is 0 Å². The van der Waals surface area contributed by atoms with E-state index in [1.807, 2.05) is 54.7 Å². The van der Waals surface area contributed by atoms with Crippen LogP contribution in [0.2, 0.25) is 0 Å². The van der Waals surface area contributed by atoms with Gasteiger partial charge < -0.3 is 10.4 Å². The van der Waals surface area contributed by atoms with Crippen LogP contribution in [0.3, 0.4) is 0 Å². The van der Waals surface area contributed by atoms with Gasteiger partial charge in [0.25, 0.3) is 0 Å². The molecule has 0 aliphatic rings. The third-order valence-corrected chi connectivity index (χ3v) is 4.87. The van der Waals surface area contributed by atoms with Gasteiger partial charge in [-0.05, 0) is 47.0 Å². The number of hydrogen-bond acceptors (Lipinski definition) is 3. The maximum atomic E-state index is 9.31. The summed E-state index contributed by atoms with van der Waals surface area (Å²) in [4.78, 5) is 0. The number of benzene rings is 3. The van der Waals surface area contributed by atoms with Crippen LogP contribution < -0.4 is 5.84 Å². The summed E-state index contributed by atoms with van der Waals surface area (Å²) in [6, 6.07) is 25.9. The minimum Gasteiger partial charge on any atom is -0.343 e.